The lowest BCUT2D eigenvalue weighted by Gasteiger charge is -2.26. The van der Waals surface area contributed by atoms with E-state index in [1.807, 2.05) is 0 Å². The fourth-order valence-electron chi connectivity index (χ4n) is 1.65. The molecule has 14 heavy (non-hydrogen) atoms. The van der Waals surface area contributed by atoms with Crippen molar-refractivity contribution in [2.75, 3.05) is 38.4 Å². The van der Waals surface area contributed by atoms with Crippen LogP contribution in [0, 0.1) is 0 Å². The number of hydrogen-bond donors (Lipinski definition) is 2. The maximum atomic E-state index is 11.3. The van der Waals surface area contributed by atoms with Crippen molar-refractivity contribution in [2.24, 2.45) is 0 Å². The van der Waals surface area contributed by atoms with Crippen molar-refractivity contribution in [1.82, 2.24) is 5.32 Å². The second-order valence-corrected chi connectivity index (χ2v) is 5.88. The van der Waals surface area contributed by atoms with Gasteiger partial charge in [0.15, 0.2) is 9.84 Å². The van der Waals surface area contributed by atoms with Gasteiger partial charge in [0, 0.05) is 13.7 Å². The summed E-state index contributed by atoms with van der Waals surface area (Å²) in [6, 6.07) is 0. The van der Waals surface area contributed by atoms with Gasteiger partial charge in [-0.3, -0.25) is 0 Å². The van der Waals surface area contributed by atoms with E-state index in [0.29, 0.717) is 19.6 Å². The first-order valence-corrected chi connectivity index (χ1v) is 6.41. The summed E-state index contributed by atoms with van der Waals surface area (Å²) in [6.45, 7) is 0.935. The number of methoxy groups -OCH3 is 1. The van der Waals surface area contributed by atoms with Gasteiger partial charge in [0.05, 0.1) is 30.3 Å². The zero-order chi connectivity index (χ0) is 10.7. The largest absolute Gasteiger partial charge is 0.394 e. The normalized spacial score (nSPS) is 30.7. The molecule has 0 aromatic carbocycles. The first kappa shape index (κ1) is 11.9. The first-order chi connectivity index (χ1) is 6.54. The minimum absolute atomic E-state index is 0.0280. The van der Waals surface area contributed by atoms with Crippen molar-refractivity contribution in [3.05, 3.63) is 0 Å². The molecule has 1 aliphatic rings. The number of hydrogen-bond acceptors (Lipinski definition) is 5. The summed E-state index contributed by atoms with van der Waals surface area (Å²) in [5, 5.41) is 12.2. The highest BCUT2D eigenvalue weighted by Gasteiger charge is 2.41. The zero-order valence-electron chi connectivity index (χ0n) is 8.32. The van der Waals surface area contributed by atoms with Crippen molar-refractivity contribution >= 4 is 9.84 Å². The third-order valence-electron chi connectivity index (χ3n) is 2.50. The predicted octanol–water partition coefficient (Wildman–Crippen LogP) is -1.23. The number of nitrogens with one attached hydrogen (secondary N) is 1. The van der Waals surface area contributed by atoms with Gasteiger partial charge in [0.2, 0.25) is 0 Å². The molecule has 1 heterocycles. The molecule has 0 spiro atoms. The van der Waals surface area contributed by atoms with Crippen LogP contribution >= 0.6 is 0 Å². The Hall–Kier alpha value is -0.170. The third kappa shape index (κ3) is 2.91. The van der Waals surface area contributed by atoms with Gasteiger partial charge in [-0.2, -0.15) is 0 Å². The lowest BCUT2D eigenvalue weighted by molar-refractivity contribution is 0.151. The maximum Gasteiger partial charge on any atom is 0.152 e. The minimum Gasteiger partial charge on any atom is -0.394 e. The van der Waals surface area contributed by atoms with Gasteiger partial charge >= 0.3 is 0 Å². The Morgan fingerprint density at radius 3 is 2.71 bits per heavy atom. The minimum atomic E-state index is -2.97. The van der Waals surface area contributed by atoms with E-state index < -0.39 is 15.4 Å². The number of ether oxygens (including phenoxy) is 1. The van der Waals surface area contributed by atoms with E-state index in [-0.39, 0.29) is 18.1 Å². The summed E-state index contributed by atoms with van der Waals surface area (Å²) in [5.74, 6) is 0.188. The van der Waals surface area contributed by atoms with Gasteiger partial charge in [0.25, 0.3) is 0 Å². The molecule has 1 fully saturated rings. The Kier molecular flexibility index (Phi) is 3.88. The molecule has 1 rings (SSSR count). The summed E-state index contributed by atoms with van der Waals surface area (Å²) >= 11 is 0. The van der Waals surface area contributed by atoms with Gasteiger partial charge < -0.3 is 15.2 Å². The highest BCUT2D eigenvalue weighted by molar-refractivity contribution is 7.91. The lowest BCUT2D eigenvalue weighted by atomic mass is 10.0. The second-order valence-electron chi connectivity index (χ2n) is 3.70. The van der Waals surface area contributed by atoms with Crippen LogP contribution in [-0.2, 0) is 14.6 Å². The van der Waals surface area contributed by atoms with E-state index in [2.05, 4.69) is 5.32 Å². The Bertz CT molecular complexity index is 277. The van der Waals surface area contributed by atoms with Crippen LogP contribution < -0.4 is 5.32 Å². The van der Waals surface area contributed by atoms with Crippen molar-refractivity contribution in [3.8, 4) is 0 Å². The highest BCUT2D eigenvalue weighted by Crippen LogP contribution is 2.22. The molecule has 0 aliphatic carbocycles. The Morgan fingerprint density at radius 1 is 1.57 bits per heavy atom. The molecule has 0 amide bonds. The van der Waals surface area contributed by atoms with E-state index >= 15 is 0 Å². The Labute approximate surface area is 84.4 Å². The molecule has 0 aromatic rings. The first-order valence-electron chi connectivity index (χ1n) is 4.59. The van der Waals surface area contributed by atoms with Gasteiger partial charge in [-0.05, 0) is 6.42 Å². The quantitative estimate of drug-likeness (QED) is 0.571. The monoisotopic (exact) mass is 223 g/mol. The Balaban J connectivity index is 2.52. The van der Waals surface area contributed by atoms with Crippen molar-refractivity contribution in [1.29, 1.82) is 0 Å². The molecule has 6 heteroatoms. The van der Waals surface area contributed by atoms with Gasteiger partial charge in [-0.15, -0.1) is 0 Å². The van der Waals surface area contributed by atoms with E-state index in [1.54, 1.807) is 7.11 Å². The zero-order valence-corrected chi connectivity index (χ0v) is 9.14. The SMILES string of the molecule is COCCNC1(CO)CCS(=O)(=O)C1. The average Bonchev–Trinajstić information content (AvgIpc) is 2.44. The van der Waals surface area contributed by atoms with Crippen LogP contribution in [-0.4, -0.2) is 57.4 Å². The molecule has 0 bridgehead atoms. The van der Waals surface area contributed by atoms with E-state index in [4.69, 9.17) is 4.74 Å². The van der Waals surface area contributed by atoms with E-state index in [0.717, 1.165) is 0 Å². The molecule has 2 N–H and O–H groups in total. The number of aliphatic hydroxyl groups is 1. The number of sulfone groups is 1. The van der Waals surface area contributed by atoms with Crippen molar-refractivity contribution < 1.29 is 18.3 Å². The molecule has 1 saturated heterocycles. The molecular weight excluding hydrogens is 206 g/mol. The second kappa shape index (κ2) is 4.57. The number of rotatable bonds is 5. The van der Waals surface area contributed by atoms with Gasteiger partial charge in [0.1, 0.15) is 0 Å². The molecule has 0 aromatic heterocycles. The molecule has 1 atom stereocenters. The third-order valence-corrected chi connectivity index (χ3v) is 4.32. The molecule has 5 nitrogen and oxygen atoms in total. The molecular formula is C8H17NO4S. The molecule has 84 valence electrons. The van der Waals surface area contributed by atoms with Crippen LogP contribution in [0.5, 0.6) is 0 Å². The van der Waals surface area contributed by atoms with E-state index in [9.17, 15) is 13.5 Å². The molecule has 0 saturated carbocycles. The van der Waals surface area contributed by atoms with Crippen LogP contribution in [0.1, 0.15) is 6.42 Å². The molecule has 1 aliphatic heterocycles. The molecule has 0 radical (unpaired) electrons. The van der Waals surface area contributed by atoms with Crippen LogP contribution in [0.15, 0.2) is 0 Å². The summed E-state index contributed by atoms with van der Waals surface area (Å²) in [6.07, 6.45) is 0.482. The van der Waals surface area contributed by atoms with Crippen LogP contribution in [0.25, 0.3) is 0 Å². The average molecular weight is 223 g/mol. The fraction of sp³-hybridized carbons (Fsp3) is 1.00. The van der Waals surface area contributed by atoms with Crippen LogP contribution in [0.4, 0.5) is 0 Å². The number of aliphatic hydroxyl groups excluding tert-OH is 1. The lowest BCUT2D eigenvalue weighted by Crippen LogP contribution is -2.50. The van der Waals surface area contributed by atoms with Crippen molar-refractivity contribution in [2.45, 2.75) is 12.0 Å². The van der Waals surface area contributed by atoms with Gasteiger partial charge in [-0.1, -0.05) is 0 Å². The maximum absolute atomic E-state index is 11.3. The van der Waals surface area contributed by atoms with Crippen LogP contribution in [0.2, 0.25) is 0 Å². The topological polar surface area (TPSA) is 75.6 Å². The summed E-state index contributed by atoms with van der Waals surface area (Å²) in [7, 11) is -1.38. The van der Waals surface area contributed by atoms with E-state index in [1.165, 1.54) is 0 Å². The molecule has 1 unspecified atom stereocenters. The van der Waals surface area contributed by atoms with Crippen LogP contribution in [0.3, 0.4) is 0 Å². The Morgan fingerprint density at radius 2 is 2.29 bits per heavy atom. The standard InChI is InChI=1S/C8H17NO4S/c1-13-4-3-9-8(6-10)2-5-14(11,12)7-8/h9-10H,2-7H2,1H3. The van der Waals surface area contributed by atoms with Gasteiger partial charge in [-0.25, -0.2) is 8.42 Å². The predicted molar refractivity (Wildman–Crippen MR) is 53.0 cm³/mol. The smallest absolute Gasteiger partial charge is 0.152 e. The summed E-state index contributed by atoms with van der Waals surface area (Å²) in [4.78, 5) is 0. The summed E-state index contributed by atoms with van der Waals surface area (Å²) in [5.41, 5.74) is -0.642. The fourth-order valence-corrected chi connectivity index (χ4v) is 3.68. The summed E-state index contributed by atoms with van der Waals surface area (Å²) < 4.78 is 27.4. The highest BCUT2D eigenvalue weighted by atomic mass is 32.2. The van der Waals surface area contributed by atoms with Crippen molar-refractivity contribution in [3.63, 3.8) is 0 Å².